The molecule has 0 aliphatic rings. The van der Waals surface area contributed by atoms with Crippen LogP contribution >= 0.6 is 0 Å². The average molecular weight is 190 g/mol. The van der Waals surface area contributed by atoms with Crippen LogP contribution in [0.5, 0.6) is 0 Å². The first kappa shape index (κ1) is 12.8. The van der Waals surface area contributed by atoms with Crippen molar-refractivity contribution in [1.82, 2.24) is 10.6 Å². The number of hydrogen-bond acceptors (Lipinski definition) is 4. The molecule has 0 radical (unpaired) electrons. The van der Waals surface area contributed by atoms with Gasteiger partial charge in [-0.15, -0.1) is 0 Å². The molecule has 0 aromatic rings. The maximum absolute atomic E-state index is 9.67. The number of aliphatic hydroxyl groups is 2. The van der Waals surface area contributed by atoms with Gasteiger partial charge in [-0.05, 0) is 26.4 Å². The van der Waals surface area contributed by atoms with Crippen molar-refractivity contribution < 1.29 is 10.2 Å². The molecule has 13 heavy (non-hydrogen) atoms. The van der Waals surface area contributed by atoms with E-state index < -0.39 is 12.0 Å². The highest BCUT2D eigenvalue weighted by molar-refractivity contribution is 4.72. The van der Waals surface area contributed by atoms with Crippen LogP contribution in [0.2, 0.25) is 0 Å². The molecule has 0 amide bonds. The van der Waals surface area contributed by atoms with Crippen molar-refractivity contribution >= 4 is 0 Å². The lowest BCUT2D eigenvalue weighted by Gasteiger charge is -2.27. The van der Waals surface area contributed by atoms with Gasteiger partial charge in [0.1, 0.15) is 12.0 Å². The van der Waals surface area contributed by atoms with E-state index in [1.54, 1.807) is 6.92 Å². The molecule has 0 aromatic carbocycles. The van der Waals surface area contributed by atoms with Crippen LogP contribution in [0.15, 0.2) is 0 Å². The van der Waals surface area contributed by atoms with Gasteiger partial charge in [-0.2, -0.15) is 0 Å². The second-order valence-electron chi connectivity index (χ2n) is 3.48. The molecule has 2 atom stereocenters. The third-order valence-corrected chi connectivity index (χ3v) is 1.78. The minimum Gasteiger partial charge on any atom is -0.378 e. The van der Waals surface area contributed by atoms with Gasteiger partial charge in [0.05, 0.1) is 0 Å². The lowest BCUT2D eigenvalue weighted by molar-refractivity contribution is -0.0300. The summed E-state index contributed by atoms with van der Waals surface area (Å²) >= 11 is 0. The number of rotatable bonds is 7. The smallest absolute Gasteiger partial charge is 0.116 e. The Morgan fingerprint density at radius 3 is 2.46 bits per heavy atom. The van der Waals surface area contributed by atoms with Crippen LogP contribution in [0.3, 0.4) is 0 Å². The third-order valence-electron chi connectivity index (χ3n) is 1.78. The standard InChI is InChI=1S/C9H22N2O2/c1-4-6-10-8(12)7-9(3,13)11-5-2/h8,10-13H,4-7H2,1-3H3. The summed E-state index contributed by atoms with van der Waals surface area (Å²) in [5, 5.41) is 24.9. The van der Waals surface area contributed by atoms with Gasteiger partial charge < -0.3 is 10.2 Å². The summed E-state index contributed by atoms with van der Waals surface area (Å²) < 4.78 is 0. The molecular weight excluding hydrogens is 168 g/mol. The molecule has 0 spiro atoms. The van der Waals surface area contributed by atoms with Crippen molar-refractivity contribution in [1.29, 1.82) is 0 Å². The summed E-state index contributed by atoms with van der Waals surface area (Å²) in [6, 6.07) is 0. The zero-order chi connectivity index (χ0) is 10.3. The zero-order valence-corrected chi connectivity index (χ0v) is 8.80. The number of nitrogens with one attached hydrogen (secondary N) is 2. The van der Waals surface area contributed by atoms with Crippen LogP contribution in [0.4, 0.5) is 0 Å². The van der Waals surface area contributed by atoms with Gasteiger partial charge in [0.25, 0.3) is 0 Å². The minimum atomic E-state index is -0.991. The number of aliphatic hydroxyl groups excluding tert-OH is 1. The van der Waals surface area contributed by atoms with Gasteiger partial charge in [0.15, 0.2) is 0 Å². The molecule has 0 saturated carbocycles. The fourth-order valence-corrected chi connectivity index (χ4v) is 1.21. The topological polar surface area (TPSA) is 64.5 Å². The van der Waals surface area contributed by atoms with Crippen molar-refractivity contribution in [3.63, 3.8) is 0 Å². The molecule has 0 rings (SSSR count). The van der Waals surface area contributed by atoms with Gasteiger partial charge in [-0.3, -0.25) is 10.6 Å². The Balaban J connectivity index is 3.68. The summed E-state index contributed by atoms with van der Waals surface area (Å²) in [6.45, 7) is 7.06. The van der Waals surface area contributed by atoms with E-state index in [2.05, 4.69) is 10.6 Å². The molecule has 80 valence electrons. The molecule has 4 N–H and O–H groups in total. The van der Waals surface area contributed by atoms with E-state index in [9.17, 15) is 10.2 Å². The molecule has 0 saturated heterocycles. The highest BCUT2D eigenvalue weighted by Gasteiger charge is 2.22. The molecule has 0 fully saturated rings. The van der Waals surface area contributed by atoms with E-state index >= 15 is 0 Å². The highest BCUT2D eigenvalue weighted by atomic mass is 16.3. The second-order valence-corrected chi connectivity index (χ2v) is 3.48. The Bertz CT molecular complexity index is 129. The fourth-order valence-electron chi connectivity index (χ4n) is 1.21. The maximum atomic E-state index is 9.67. The van der Waals surface area contributed by atoms with Crippen LogP contribution in [-0.4, -0.2) is 35.3 Å². The largest absolute Gasteiger partial charge is 0.378 e. The summed E-state index contributed by atoms with van der Waals surface area (Å²) in [4.78, 5) is 0. The zero-order valence-electron chi connectivity index (χ0n) is 8.80. The van der Waals surface area contributed by atoms with E-state index in [1.165, 1.54) is 0 Å². The Morgan fingerprint density at radius 2 is 2.00 bits per heavy atom. The average Bonchev–Trinajstić information content (AvgIpc) is 1.99. The summed E-state index contributed by atoms with van der Waals surface area (Å²) in [5.74, 6) is 0. The van der Waals surface area contributed by atoms with Crippen molar-refractivity contribution in [2.75, 3.05) is 13.1 Å². The first-order chi connectivity index (χ1) is 6.02. The van der Waals surface area contributed by atoms with Gasteiger partial charge in [-0.1, -0.05) is 13.8 Å². The van der Waals surface area contributed by atoms with E-state index in [-0.39, 0.29) is 0 Å². The quantitative estimate of drug-likeness (QED) is 0.427. The monoisotopic (exact) mass is 190 g/mol. The number of hydrogen-bond donors (Lipinski definition) is 4. The maximum Gasteiger partial charge on any atom is 0.116 e. The van der Waals surface area contributed by atoms with Gasteiger partial charge in [0, 0.05) is 6.42 Å². The van der Waals surface area contributed by atoms with Crippen LogP contribution in [-0.2, 0) is 0 Å². The van der Waals surface area contributed by atoms with E-state index in [0.29, 0.717) is 13.0 Å². The third kappa shape index (κ3) is 6.95. The van der Waals surface area contributed by atoms with Crippen molar-refractivity contribution in [2.45, 2.75) is 45.6 Å². The molecule has 2 unspecified atom stereocenters. The molecule has 0 heterocycles. The van der Waals surface area contributed by atoms with E-state index in [0.717, 1.165) is 13.0 Å². The Hall–Kier alpha value is -0.160. The first-order valence-corrected chi connectivity index (χ1v) is 4.90. The highest BCUT2D eigenvalue weighted by Crippen LogP contribution is 2.06. The molecule has 0 aromatic heterocycles. The van der Waals surface area contributed by atoms with E-state index in [1.807, 2.05) is 13.8 Å². The Morgan fingerprint density at radius 1 is 1.38 bits per heavy atom. The van der Waals surface area contributed by atoms with Crippen molar-refractivity contribution in [3.8, 4) is 0 Å². The predicted molar refractivity (Wildman–Crippen MR) is 53.2 cm³/mol. The van der Waals surface area contributed by atoms with E-state index in [4.69, 9.17) is 0 Å². The lowest BCUT2D eigenvalue weighted by Crippen LogP contribution is -2.47. The molecule has 0 aliphatic carbocycles. The summed E-state index contributed by atoms with van der Waals surface area (Å²) in [5.41, 5.74) is -0.991. The Kier molecular flexibility index (Phi) is 6.24. The van der Waals surface area contributed by atoms with Gasteiger partial charge >= 0.3 is 0 Å². The summed E-state index contributed by atoms with van der Waals surface area (Å²) in [7, 11) is 0. The molecule has 0 bridgehead atoms. The molecule has 4 heteroatoms. The van der Waals surface area contributed by atoms with Crippen molar-refractivity contribution in [3.05, 3.63) is 0 Å². The SMILES string of the molecule is CCCNC(O)CC(C)(O)NCC. The molecule has 0 aliphatic heterocycles. The molecule has 4 nitrogen and oxygen atoms in total. The second kappa shape index (κ2) is 6.32. The van der Waals surface area contributed by atoms with Crippen molar-refractivity contribution in [2.24, 2.45) is 0 Å². The van der Waals surface area contributed by atoms with Gasteiger partial charge in [-0.25, -0.2) is 0 Å². The van der Waals surface area contributed by atoms with Gasteiger partial charge in [0.2, 0.25) is 0 Å². The van der Waals surface area contributed by atoms with Crippen LogP contribution in [0.25, 0.3) is 0 Å². The minimum absolute atomic E-state index is 0.292. The van der Waals surface area contributed by atoms with Crippen LogP contribution < -0.4 is 10.6 Å². The van der Waals surface area contributed by atoms with Crippen LogP contribution in [0.1, 0.15) is 33.6 Å². The predicted octanol–water partition coefficient (Wildman–Crippen LogP) is 0.0125. The normalized spacial score (nSPS) is 18.2. The fraction of sp³-hybridized carbons (Fsp3) is 1.00. The summed E-state index contributed by atoms with van der Waals surface area (Å²) in [6.07, 6.45) is 0.621. The molecular formula is C9H22N2O2. The Labute approximate surface area is 80.3 Å². The lowest BCUT2D eigenvalue weighted by atomic mass is 10.1. The first-order valence-electron chi connectivity index (χ1n) is 4.90. The van der Waals surface area contributed by atoms with Crippen LogP contribution in [0, 0.1) is 0 Å².